The third-order valence-electron chi connectivity index (χ3n) is 7.77. The summed E-state index contributed by atoms with van der Waals surface area (Å²) in [5.41, 5.74) is 0.837. The van der Waals surface area contributed by atoms with Gasteiger partial charge in [0.1, 0.15) is 24.3 Å². The van der Waals surface area contributed by atoms with E-state index in [1.165, 1.54) is 10.9 Å². The molecule has 0 N–H and O–H groups in total. The van der Waals surface area contributed by atoms with E-state index in [1.54, 1.807) is 20.4 Å². The normalized spacial score (nSPS) is 21.7. The number of hydrogen-bond acceptors (Lipinski definition) is 8. The molecule has 0 atom stereocenters. The molecule has 0 bridgehead atoms. The van der Waals surface area contributed by atoms with Gasteiger partial charge in [-0.1, -0.05) is 0 Å². The Bertz CT molecular complexity index is 1320. The van der Waals surface area contributed by atoms with Gasteiger partial charge in [0.05, 0.1) is 25.5 Å². The van der Waals surface area contributed by atoms with Gasteiger partial charge in [-0.15, -0.1) is 0 Å². The summed E-state index contributed by atoms with van der Waals surface area (Å²) >= 11 is 0. The van der Waals surface area contributed by atoms with E-state index >= 15 is 0 Å². The maximum atomic E-state index is 13.1. The number of rotatable bonds is 6. The molecule has 202 valence electrons. The second-order valence-corrected chi connectivity index (χ2v) is 10.4. The first kappa shape index (κ1) is 24.9. The first-order chi connectivity index (χ1) is 18.3. The highest BCUT2D eigenvalue weighted by Gasteiger charge is 2.37. The Morgan fingerprint density at radius 3 is 2.47 bits per heavy atom. The zero-order valence-corrected chi connectivity index (χ0v) is 21.4. The monoisotopic (exact) mass is 529 g/mol. The highest BCUT2D eigenvalue weighted by Crippen LogP contribution is 2.46. The molecule has 3 aromatic heterocycles. The summed E-state index contributed by atoms with van der Waals surface area (Å²) in [4.78, 5) is 24.5. The van der Waals surface area contributed by atoms with Gasteiger partial charge in [0.25, 0.3) is 0 Å². The number of alkyl halides is 3. The van der Waals surface area contributed by atoms with E-state index < -0.39 is 11.9 Å². The Kier molecular flexibility index (Phi) is 6.35. The van der Waals surface area contributed by atoms with Crippen molar-refractivity contribution in [2.75, 3.05) is 31.7 Å². The minimum Gasteiger partial charge on any atom is -0.486 e. The van der Waals surface area contributed by atoms with E-state index in [-0.39, 0.29) is 5.92 Å². The number of aromatic nitrogens is 6. The van der Waals surface area contributed by atoms with Crippen molar-refractivity contribution in [2.45, 2.75) is 56.5 Å². The van der Waals surface area contributed by atoms with Crippen molar-refractivity contribution in [3.63, 3.8) is 0 Å². The SMILES string of the molecule is COc1ncnc(C2CC2)c1-c1ncc2c(n1)N(CC1CCC(c3nc(C(F)(F)F)cn3C)CC1)CCO2. The van der Waals surface area contributed by atoms with Crippen molar-refractivity contribution in [3.8, 4) is 23.0 Å². The highest BCUT2D eigenvalue weighted by atomic mass is 19.4. The number of methoxy groups -OCH3 is 1. The Hall–Kier alpha value is -3.44. The van der Waals surface area contributed by atoms with E-state index in [0.29, 0.717) is 48.3 Å². The third kappa shape index (κ3) is 4.76. The number of aryl methyl sites for hydroxylation is 1. The van der Waals surface area contributed by atoms with Crippen LogP contribution in [0.1, 0.15) is 67.6 Å². The third-order valence-corrected chi connectivity index (χ3v) is 7.77. The number of imidazole rings is 1. The lowest BCUT2D eigenvalue weighted by Gasteiger charge is -2.35. The van der Waals surface area contributed by atoms with Crippen LogP contribution in [0.2, 0.25) is 0 Å². The molecule has 3 aliphatic rings. The van der Waals surface area contributed by atoms with Gasteiger partial charge in [-0.25, -0.2) is 24.9 Å². The van der Waals surface area contributed by atoms with Crippen LogP contribution in [0.3, 0.4) is 0 Å². The van der Waals surface area contributed by atoms with Crippen LogP contribution in [-0.2, 0) is 13.2 Å². The Morgan fingerprint density at radius 1 is 1.03 bits per heavy atom. The summed E-state index contributed by atoms with van der Waals surface area (Å²) < 4.78 is 52.3. The van der Waals surface area contributed by atoms with Gasteiger partial charge < -0.3 is 18.9 Å². The number of halogens is 3. The molecule has 0 saturated heterocycles. The van der Waals surface area contributed by atoms with Crippen LogP contribution < -0.4 is 14.4 Å². The maximum Gasteiger partial charge on any atom is 0.434 e. The van der Waals surface area contributed by atoms with Gasteiger partial charge in [-0.05, 0) is 44.4 Å². The fourth-order valence-corrected chi connectivity index (χ4v) is 5.68. The molecule has 0 aromatic carbocycles. The second kappa shape index (κ2) is 9.70. The summed E-state index contributed by atoms with van der Waals surface area (Å²) in [6.45, 7) is 2.05. The molecule has 3 aromatic rings. The molecule has 12 heteroatoms. The number of fused-ring (bicyclic) bond motifs is 1. The average molecular weight is 530 g/mol. The molecule has 2 fully saturated rings. The van der Waals surface area contributed by atoms with Crippen LogP contribution in [0.4, 0.5) is 19.0 Å². The van der Waals surface area contributed by atoms with Crippen molar-refractivity contribution in [1.82, 2.24) is 29.5 Å². The molecule has 4 heterocycles. The number of anilines is 1. The maximum absolute atomic E-state index is 13.1. The van der Waals surface area contributed by atoms with Crippen LogP contribution in [0, 0.1) is 5.92 Å². The van der Waals surface area contributed by atoms with E-state index in [9.17, 15) is 13.2 Å². The smallest absolute Gasteiger partial charge is 0.434 e. The molecule has 38 heavy (non-hydrogen) atoms. The minimum absolute atomic E-state index is 0.0321. The summed E-state index contributed by atoms with van der Waals surface area (Å²) in [5, 5.41) is 0. The van der Waals surface area contributed by atoms with Gasteiger partial charge in [0.15, 0.2) is 23.1 Å². The van der Waals surface area contributed by atoms with Gasteiger partial charge in [0.2, 0.25) is 5.88 Å². The number of ether oxygens (including phenoxy) is 2. The van der Waals surface area contributed by atoms with E-state index in [0.717, 1.165) is 68.3 Å². The molecule has 0 amide bonds. The summed E-state index contributed by atoms with van der Waals surface area (Å²) in [5.74, 6) is 3.70. The first-order valence-corrected chi connectivity index (χ1v) is 13.1. The molecule has 2 aliphatic carbocycles. The van der Waals surface area contributed by atoms with Gasteiger partial charge in [0, 0.05) is 31.6 Å². The molecular formula is C26H30F3N7O2. The molecular weight excluding hydrogens is 499 g/mol. The fraction of sp³-hybridized carbons (Fsp3) is 0.577. The topological polar surface area (TPSA) is 91.1 Å². The van der Waals surface area contributed by atoms with Crippen molar-refractivity contribution >= 4 is 5.82 Å². The van der Waals surface area contributed by atoms with Gasteiger partial charge >= 0.3 is 6.18 Å². The quantitative estimate of drug-likeness (QED) is 0.452. The summed E-state index contributed by atoms with van der Waals surface area (Å²) in [6, 6.07) is 0. The molecule has 9 nitrogen and oxygen atoms in total. The van der Waals surface area contributed by atoms with E-state index in [4.69, 9.17) is 14.5 Å². The zero-order chi connectivity index (χ0) is 26.4. The van der Waals surface area contributed by atoms with Crippen LogP contribution in [0.15, 0.2) is 18.7 Å². The van der Waals surface area contributed by atoms with Crippen LogP contribution in [0.5, 0.6) is 11.6 Å². The molecule has 0 unspecified atom stereocenters. The Balaban J connectivity index is 1.19. The predicted molar refractivity (Wildman–Crippen MR) is 132 cm³/mol. The summed E-state index contributed by atoms with van der Waals surface area (Å²) in [7, 11) is 3.23. The Morgan fingerprint density at radius 2 is 1.79 bits per heavy atom. The average Bonchev–Trinajstić information content (AvgIpc) is 3.69. The molecule has 0 spiro atoms. The standard InChI is InChI=1S/C26H30F3N7O2/c1-35-13-19(26(27,28)29)33-23(35)17-5-3-15(4-6-17)12-36-9-10-38-18-11-30-22(34-24(18)36)20-21(16-7-8-16)31-14-32-25(20)37-2/h11,13-17H,3-10,12H2,1-2H3. The van der Waals surface area contributed by atoms with Crippen LogP contribution in [0.25, 0.3) is 11.4 Å². The number of nitrogens with zero attached hydrogens (tertiary/aromatic N) is 7. The van der Waals surface area contributed by atoms with Gasteiger partial charge in [-0.2, -0.15) is 13.2 Å². The number of hydrogen-bond donors (Lipinski definition) is 0. The van der Waals surface area contributed by atoms with Crippen molar-refractivity contribution in [3.05, 3.63) is 35.9 Å². The second-order valence-electron chi connectivity index (χ2n) is 10.4. The molecule has 2 saturated carbocycles. The highest BCUT2D eigenvalue weighted by molar-refractivity contribution is 5.68. The molecule has 6 rings (SSSR count). The lowest BCUT2D eigenvalue weighted by atomic mass is 9.81. The predicted octanol–water partition coefficient (Wildman–Crippen LogP) is 4.74. The summed E-state index contributed by atoms with van der Waals surface area (Å²) in [6.07, 6.45) is 5.49. The molecule has 1 aliphatic heterocycles. The fourth-order valence-electron chi connectivity index (χ4n) is 5.68. The van der Waals surface area contributed by atoms with Crippen molar-refractivity contribution in [1.29, 1.82) is 0 Å². The zero-order valence-electron chi connectivity index (χ0n) is 21.4. The van der Waals surface area contributed by atoms with E-state index in [2.05, 4.69) is 24.8 Å². The van der Waals surface area contributed by atoms with Crippen LogP contribution >= 0.6 is 0 Å². The minimum atomic E-state index is -4.42. The largest absolute Gasteiger partial charge is 0.486 e. The lowest BCUT2D eigenvalue weighted by molar-refractivity contribution is -0.141. The van der Waals surface area contributed by atoms with Crippen molar-refractivity contribution in [2.24, 2.45) is 13.0 Å². The van der Waals surface area contributed by atoms with Gasteiger partial charge in [-0.3, -0.25) is 0 Å². The van der Waals surface area contributed by atoms with E-state index in [1.807, 2.05) is 0 Å². The molecule has 0 radical (unpaired) electrons. The van der Waals surface area contributed by atoms with Crippen LogP contribution in [-0.4, -0.2) is 56.3 Å². The first-order valence-electron chi connectivity index (χ1n) is 13.1. The van der Waals surface area contributed by atoms with Crippen molar-refractivity contribution < 1.29 is 22.6 Å². The lowest BCUT2D eigenvalue weighted by Crippen LogP contribution is -2.38. The Labute approximate surface area is 218 Å².